The Labute approximate surface area is 90.4 Å². The van der Waals surface area contributed by atoms with E-state index in [2.05, 4.69) is 13.8 Å². The van der Waals surface area contributed by atoms with Crippen LogP contribution in [0.2, 0.25) is 0 Å². The van der Waals surface area contributed by atoms with Crippen molar-refractivity contribution < 1.29 is 4.55 Å². The summed E-state index contributed by atoms with van der Waals surface area (Å²) < 4.78 is 11.4. The third-order valence-corrected chi connectivity index (χ3v) is 3.63. The first-order chi connectivity index (χ1) is 6.16. The summed E-state index contributed by atoms with van der Waals surface area (Å²) in [5.41, 5.74) is 0. The molecule has 0 rings (SSSR count). The monoisotopic (exact) mass is 224 g/mol. The highest BCUT2D eigenvalue weighted by Crippen LogP contribution is 2.06. The molecule has 0 aromatic rings. The smallest absolute Gasteiger partial charge is 0.105 e. The average Bonchev–Trinajstić information content (AvgIpc) is 2.09. The lowest BCUT2D eigenvalue weighted by Crippen LogP contribution is -2.12. The Hall–Kier alpha value is 0.600. The molecule has 0 aliphatic carbocycles. The maximum Gasteiger partial charge on any atom is 0.105 e. The first-order valence-electron chi connectivity index (χ1n) is 5.07. The largest absolute Gasteiger partial charge is 0.616 e. The van der Waals surface area contributed by atoms with Gasteiger partial charge in [-0.15, -0.1) is 11.6 Å². The average molecular weight is 225 g/mol. The van der Waals surface area contributed by atoms with E-state index in [0.717, 1.165) is 43.1 Å². The molecule has 0 saturated heterocycles. The molecule has 1 unspecified atom stereocenters. The predicted octanol–water partition coefficient (Wildman–Crippen LogP) is 3.19. The van der Waals surface area contributed by atoms with E-state index >= 15 is 0 Å². The van der Waals surface area contributed by atoms with Gasteiger partial charge < -0.3 is 4.55 Å². The van der Waals surface area contributed by atoms with Crippen LogP contribution in [0.15, 0.2) is 0 Å². The topological polar surface area (TPSA) is 23.1 Å². The van der Waals surface area contributed by atoms with Crippen LogP contribution in [-0.2, 0) is 11.2 Å². The number of halogens is 1. The summed E-state index contributed by atoms with van der Waals surface area (Å²) in [5, 5.41) is 0. The van der Waals surface area contributed by atoms with Gasteiger partial charge in [0.2, 0.25) is 0 Å². The standard InChI is InChI=1S/C10H21ClOS/c1-10(2)6-9-13(12)8-5-3-4-7-11/h10H,3-9H2,1-2H3. The third kappa shape index (κ3) is 10.5. The van der Waals surface area contributed by atoms with E-state index in [1.54, 1.807) is 0 Å². The van der Waals surface area contributed by atoms with E-state index in [1.165, 1.54) is 0 Å². The second-order valence-corrected chi connectivity index (χ2v) is 5.85. The molecule has 13 heavy (non-hydrogen) atoms. The van der Waals surface area contributed by atoms with Crippen LogP contribution in [0.4, 0.5) is 0 Å². The summed E-state index contributed by atoms with van der Waals surface area (Å²) in [5.74, 6) is 3.15. The maximum absolute atomic E-state index is 11.4. The maximum atomic E-state index is 11.4. The van der Waals surface area contributed by atoms with Crippen molar-refractivity contribution in [1.82, 2.24) is 0 Å². The van der Waals surface area contributed by atoms with E-state index in [9.17, 15) is 4.55 Å². The van der Waals surface area contributed by atoms with Crippen LogP contribution in [-0.4, -0.2) is 21.9 Å². The Morgan fingerprint density at radius 2 is 1.85 bits per heavy atom. The molecule has 1 atom stereocenters. The second-order valence-electron chi connectivity index (χ2n) is 3.78. The molecule has 0 saturated carbocycles. The SMILES string of the molecule is CC(C)CC[S+]([O-])CCCCCCl. The van der Waals surface area contributed by atoms with Crippen molar-refractivity contribution in [2.45, 2.75) is 39.5 Å². The molecule has 0 aromatic carbocycles. The minimum absolute atomic E-state index is 0.587. The van der Waals surface area contributed by atoms with Crippen molar-refractivity contribution in [3.05, 3.63) is 0 Å². The number of hydrogen-bond acceptors (Lipinski definition) is 1. The molecule has 0 aliphatic rings. The highest BCUT2D eigenvalue weighted by Gasteiger charge is 2.06. The van der Waals surface area contributed by atoms with Gasteiger partial charge >= 0.3 is 0 Å². The molecule has 0 radical (unpaired) electrons. The molecule has 0 amide bonds. The quantitative estimate of drug-likeness (QED) is 0.353. The van der Waals surface area contributed by atoms with Gasteiger partial charge in [-0.05, 0) is 31.6 Å². The van der Waals surface area contributed by atoms with Gasteiger partial charge in [-0.3, -0.25) is 0 Å². The predicted molar refractivity (Wildman–Crippen MR) is 61.9 cm³/mol. The first kappa shape index (κ1) is 13.6. The van der Waals surface area contributed by atoms with Crippen LogP contribution in [0, 0.1) is 5.92 Å². The van der Waals surface area contributed by atoms with E-state index in [0.29, 0.717) is 5.92 Å². The molecule has 80 valence electrons. The van der Waals surface area contributed by atoms with Crippen molar-refractivity contribution in [3.63, 3.8) is 0 Å². The van der Waals surface area contributed by atoms with Gasteiger partial charge in [0.25, 0.3) is 0 Å². The molecule has 0 aliphatic heterocycles. The van der Waals surface area contributed by atoms with E-state index in [-0.39, 0.29) is 0 Å². The molecule has 0 aromatic heterocycles. The Balaban J connectivity index is 3.15. The first-order valence-corrected chi connectivity index (χ1v) is 7.10. The Morgan fingerprint density at radius 1 is 1.15 bits per heavy atom. The van der Waals surface area contributed by atoms with Crippen molar-refractivity contribution in [2.75, 3.05) is 17.4 Å². The summed E-state index contributed by atoms with van der Waals surface area (Å²) >= 11 is 4.96. The van der Waals surface area contributed by atoms with Crippen molar-refractivity contribution in [2.24, 2.45) is 5.92 Å². The second kappa shape index (κ2) is 9.17. The van der Waals surface area contributed by atoms with Gasteiger partial charge in [0.05, 0.1) is 0 Å². The number of hydrogen-bond donors (Lipinski definition) is 0. The summed E-state index contributed by atoms with van der Waals surface area (Å²) in [4.78, 5) is 0. The zero-order valence-corrected chi connectivity index (χ0v) is 10.3. The van der Waals surface area contributed by atoms with Gasteiger partial charge in [0, 0.05) is 5.88 Å². The van der Waals surface area contributed by atoms with Gasteiger partial charge in [-0.2, -0.15) is 0 Å². The molecule has 0 spiro atoms. The van der Waals surface area contributed by atoms with Crippen LogP contribution < -0.4 is 0 Å². The summed E-state index contributed by atoms with van der Waals surface area (Å²) in [6.45, 7) is 4.34. The third-order valence-electron chi connectivity index (χ3n) is 1.93. The molecule has 3 heteroatoms. The molecule has 0 N–H and O–H groups in total. The zero-order valence-electron chi connectivity index (χ0n) is 8.72. The van der Waals surface area contributed by atoms with Gasteiger partial charge in [-0.1, -0.05) is 25.0 Å². The van der Waals surface area contributed by atoms with Gasteiger partial charge in [-0.25, -0.2) is 0 Å². The number of alkyl halides is 1. The fraction of sp³-hybridized carbons (Fsp3) is 1.00. The molecule has 0 heterocycles. The fourth-order valence-electron chi connectivity index (χ4n) is 1.00. The van der Waals surface area contributed by atoms with Crippen molar-refractivity contribution >= 4 is 22.8 Å². The molecular formula is C10H21ClOS. The zero-order chi connectivity index (χ0) is 10.1. The highest BCUT2D eigenvalue weighted by atomic mass is 35.5. The van der Waals surface area contributed by atoms with Crippen LogP contribution >= 0.6 is 11.6 Å². The number of unbranched alkanes of at least 4 members (excludes halogenated alkanes) is 2. The Morgan fingerprint density at radius 3 is 2.38 bits per heavy atom. The van der Waals surface area contributed by atoms with Gasteiger partial charge in [0.15, 0.2) is 0 Å². The fourth-order valence-corrected chi connectivity index (χ4v) is 2.66. The van der Waals surface area contributed by atoms with Crippen molar-refractivity contribution in [3.8, 4) is 0 Å². The van der Waals surface area contributed by atoms with E-state index in [1.807, 2.05) is 0 Å². The van der Waals surface area contributed by atoms with Crippen LogP contribution in [0.3, 0.4) is 0 Å². The lowest BCUT2D eigenvalue weighted by molar-refractivity contribution is 0.569. The summed E-state index contributed by atoms with van der Waals surface area (Å²) in [7, 11) is 0. The molecule has 1 nitrogen and oxygen atoms in total. The normalized spacial score (nSPS) is 13.6. The molecule has 0 bridgehead atoms. The van der Waals surface area contributed by atoms with Crippen LogP contribution in [0.1, 0.15) is 39.5 Å². The lowest BCUT2D eigenvalue weighted by atomic mass is 10.2. The minimum atomic E-state index is -0.587. The molecule has 0 fully saturated rings. The number of rotatable bonds is 8. The van der Waals surface area contributed by atoms with Gasteiger partial charge in [0.1, 0.15) is 11.5 Å². The van der Waals surface area contributed by atoms with Crippen LogP contribution in [0.5, 0.6) is 0 Å². The van der Waals surface area contributed by atoms with Crippen molar-refractivity contribution in [1.29, 1.82) is 0 Å². The lowest BCUT2D eigenvalue weighted by Gasteiger charge is -2.11. The minimum Gasteiger partial charge on any atom is -0.616 e. The van der Waals surface area contributed by atoms with E-state index in [4.69, 9.17) is 11.6 Å². The van der Waals surface area contributed by atoms with Crippen LogP contribution in [0.25, 0.3) is 0 Å². The van der Waals surface area contributed by atoms with E-state index < -0.39 is 11.2 Å². The Bertz CT molecular complexity index is 109. The summed E-state index contributed by atoms with van der Waals surface area (Å²) in [6, 6.07) is 0. The summed E-state index contributed by atoms with van der Waals surface area (Å²) in [6.07, 6.45) is 4.33. The Kier molecular flexibility index (Phi) is 9.59. The highest BCUT2D eigenvalue weighted by molar-refractivity contribution is 7.91. The molecular weight excluding hydrogens is 204 g/mol.